The summed E-state index contributed by atoms with van der Waals surface area (Å²) in [5.74, 6) is -2.84. The number of ether oxygens (including phenoxy) is 2. The van der Waals surface area contributed by atoms with Crippen LogP contribution in [-0.4, -0.2) is 47.4 Å². The Balaban J connectivity index is 2.07. The number of Topliss-reactive ketones (excluding diaryl/α,β-unsaturated/α-hetero) is 1. The van der Waals surface area contributed by atoms with Crippen molar-refractivity contribution in [2.75, 3.05) is 7.11 Å². The zero-order valence-electron chi connectivity index (χ0n) is 15.1. The lowest BCUT2D eigenvalue weighted by Crippen LogP contribution is -2.47. The fourth-order valence-corrected chi connectivity index (χ4v) is 3.70. The molecule has 0 aromatic heterocycles. The molecule has 1 aromatic rings. The third kappa shape index (κ3) is 2.87. The molecule has 0 bridgehead atoms. The number of rotatable bonds is 1. The Morgan fingerprint density at radius 3 is 2.42 bits per heavy atom. The third-order valence-electron chi connectivity index (χ3n) is 4.67. The van der Waals surface area contributed by atoms with Crippen LogP contribution in [0.2, 0.25) is 0 Å². The number of benzene rings is 1. The first kappa shape index (κ1) is 18.1. The van der Waals surface area contributed by atoms with Crippen LogP contribution in [0, 0.1) is 5.92 Å². The van der Waals surface area contributed by atoms with E-state index >= 15 is 0 Å². The lowest BCUT2D eigenvalue weighted by molar-refractivity contribution is -0.149. The van der Waals surface area contributed by atoms with Crippen molar-refractivity contribution < 1.29 is 28.7 Å². The zero-order valence-corrected chi connectivity index (χ0v) is 15.1. The first-order chi connectivity index (χ1) is 12.2. The normalized spacial score (nSPS) is 24.8. The molecule has 2 aliphatic rings. The standard InChI is InChI=1S/C19H21NO6/c1-19(2,3)26-18(24)20-15(17(23)25-4)12-9-13(21)10-7-5-6-8-11(10)14(12)16(20)22/h5-8,12,14-15H,9H2,1-4H3/t12-,14+,15-/m0/s1. The summed E-state index contributed by atoms with van der Waals surface area (Å²) in [6.45, 7) is 5.01. The average molecular weight is 359 g/mol. The van der Waals surface area contributed by atoms with Gasteiger partial charge in [-0.1, -0.05) is 24.3 Å². The molecule has 26 heavy (non-hydrogen) atoms. The zero-order chi connectivity index (χ0) is 19.2. The number of hydrogen-bond acceptors (Lipinski definition) is 6. The van der Waals surface area contributed by atoms with Crippen LogP contribution >= 0.6 is 0 Å². The molecule has 0 radical (unpaired) electrons. The fourth-order valence-electron chi connectivity index (χ4n) is 3.70. The van der Waals surface area contributed by atoms with E-state index in [-0.39, 0.29) is 12.2 Å². The number of imide groups is 1. The van der Waals surface area contributed by atoms with Crippen LogP contribution in [0.4, 0.5) is 4.79 Å². The molecule has 1 heterocycles. The molecule has 7 heteroatoms. The molecule has 0 unspecified atom stereocenters. The number of carbonyl (C=O) groups is 4. The van der Waals surface area contributed by atoms with Gasteiger partial charge in [-0.2, -0.15) is 0 Å². The molecule has 1 saturated heterocycles. The minimum atomic E-state index is -1.18. The average Bonchev–Trinajstić information content (AvgIpc) is 2.85. The first-order valence-electron chi connectivity index (χ1n) is 8.41. The van der Waals surface area contributed by atoms with Gasteiger partial charge in [-0.15, -0.1) is 0 Å². The number of fused-ring (bicyclic) bond motifs is 3. The van der Waals surface area contributed by atoms with Gasteiger partial charge in [0.15, 0.2) is 5.78 Å². The summed E-state index contributed by atoms with van der Waals surface area (Å²) in [4.78, 5) is 51.4. The van der Waals surface area contributed by atoms with Gasteiger partial charge >= 0.3 is 12.1 Å². The van der Waals surface area contributed by atoms with Crippen molar-refractivity contribution in [3.8, 4) is 0 Å². The molecule has 3 atom stereocenters. The van der Waals surface area contributed by atoms with Crippen LogP contribution in [0.5, 0.6) is 0 Å². The SMILES string of the molecule is COC(=O)[C@@H]1[C@H]2CC(=O)c3ccccc3[C@H]2C(=O)N1C(=O)OC(C)(C)C. The summed E-state index contributed by atoms with van der Waals surface area (Å²) in [7, 11) is 1.19. The molecule has 3 rings (SSSR count). The van der Waals surface area contributed by atoms with Crippen molar-refractivity contribution in [1.29, 1.82) is 0 Å². The van der Waals surface area contributed by atoms with Crippen LogP contribution < -0.4 is 0 Å². The predicted octanol–water partition coefficient (Wildman–Crippen LogP) is 2.29. The smallest absolute Gasteiger partial charge is 0.417 e. The highest BCUT2D eigenvalue weighted by Crippen LogP contribution is 2.46. The van der Waals surface area contributed by atoms with E-state index in [4.69, 9.17) is 9.47 Å². The lowest BCUT2D eigenvalue weighted by atomic mass is 9.74. The van der Waals surface area contributed by atoms with Crippen molar-refractivity contribution in [3.63, 3.8) is 0 Å². The largest absolute Gasteiger partial charge is 0.467 e. The fraction of sp³-hybridized carbons (Fsp3) is 0.474. The van der Waals surface area contributed by atoms with Gasteiger partial charge in [-0.25, -0.2) is 14.5 Å². The number of esters is 1. The van der Waals surface area contributed by atoms with Crippen molar-refractivity contribution in [1.82, 2.24) is 4.90 Å². The monoisotopic (exact) mass is 359 g/mol. The Bertz CT molecular complexity index is 793. The Hall–Kier alpha value is -2.70. The van der Waals surface area contributed by atoms with E-state index in [0.717, 1.165) is 4.90 Å². The minimum absolute atomic E-state index is 0.00746. The molecule has 1 aliphatic heterocycles. The van der Waals surface area contributed by atoms with Gasteiger partial charge in [0.25, 0.3) is 0 Å². The van der Waals surface area contributed by atoms with Crippen LogP contribution in [0.3, 0.4) is 0 Å². The summed E-state index contributed by atoms with van der Waals surface area (Å²) >= 11 is 0. The second kappa shape index (κ2) is 6.23. The maximum Gasteiger partial charge on any atom is 0.417 e. The van der Waals surface area contributed by atoms with Crippen molar-refractivity contribution in [2.24, 2.45) is 5.92 Å². The highest BCUT2D eigenvalue weighted by atomic mass is 16.6. The van der Waals surface area contributed by atoms with Crippen molar-refractivity contribution in [3.05, 3.63) is 35.4 Å². The van der Waals surface area contributed by atoms with Crippen LogP contribution in [0.15, 0.2) is 24.3 Å². The highest BCUT2D eigenvalue weighted by molar-refractivity contribution is 6.09. The summed E-state index contributed by atoms with van der Waals surface area (Å²) in [6, 6.07) is 5.62. The van der Waals surface area contributed by atoms with Gasteiger partial charge in [0.05, 0.1) is 13.0 Å². The number of nitrogens with zero attached hydrogens (tertiary/aromatic N) is 1. The van der Waals surface area contributed by atoms with Gasteiger partial charge in [0, 0.05) is 17.9 Å². The number of likely N-dealkylation sites (tertiary alicyclic amines) is 1. The summed E-state index contributed by atoms with van der Waals surface area (Å²) in [5, 5.41) is 0. The number of methoxy groups -OCH3 is 1. The topological polar surface area (TPSA) is 90.0 Å². The quantitative estimate of drug-likeness (QED) is 0.715. The predicted molar refractivity (Wildman–Crippen MR) is 90.5 cm³/mol. The molecule has 1 aliphatic carbocycles. The molecule has 2 amide bonds. The third-order valence-corrected chi connectivity index (χ3v) is 4.67. The highest BCUT2D eigenvalue weighted by Gasteiger charge is 2.58. The molecule has 1 aromatic carbocycles. The maximum atomic E-state index is 13.1. The number of ketones is 1. The number of amides is 2. The Morgan fingerprint density at radius 2 is 1.81 bits per heavy atom. The lowest BCUT2D eigenvalue weighted by Gasteiger charge is -2.28. The van der Waals surface area contributed by atoms with Crippen molar-refractivity contribution in [2.45, 2.75) is 44.8 Å². The number of hydrogen-bond donors (Lipinski definition) is 0. The summed E-state index contributed by atoms with van der Waals surface area (Å²) < 4.78 is 10.1. The van der Waals surface area contributed by atoms with Crippen LogP contribution in [0.1, 0.15) is 49.0 Å². The van der Waals surface area contributed by atoms with Crippen LogP contribution in [-0.2, 0) is 19.1 Å². The van der Waals surface area contributed by atoms with E-state index in [1.165, 1.54) is 7.11 Å². The molecule has 1 fully saturated rings. The van der Waals surface area contributed by atoms with E-state index in [1.54, 1.807) is 45.0 Å². The molecule has 0 spiro atoms. The van der Waals surface area contributed by atoms with E-state index < -0.39 is 41.4 Å². The molecular weight excluding hydrogens is 338 g/mol. The molecule has 0 saturated carbocycles. The summed E-state index contributed by atoms with van der Waals surface area (Å²) in [5.41, 5.74) is 0.162. The second-order valence-electron chi connectivity index (χ2n) is 7.51. The van der Waals surface area contributed by atoms with E-state index in [1.807, 2.05) is 0 Å². The van der Waals surface area contributed by atoms with Gasteiger partial charge < -0.3 is 9.47 Å². The van der Waals surface area contributed by atoms with Gasteiger partial charge in [-0.05, 0) is 26.3 Å². The van der Waals surface area contributed by atoms with Crippen molar-refractivity contribution >= 4 is 23.8 Å². The van der Waals surface area contributed by atoms with Gasteiger partial charge in [-0.3, -0.25) is 9.59 Å². The van der Waals surface area contributed by atoms with Crippen LogP contribution in [0.25, 0.3) is 0 Å². The summed E-state index contributed by atoms with van der Waals surface area (Å²) in [6.07, 6.45) is -0.913. The molecular formula is C19H21NO6. The first-order valence-corrected chi connectivity index (χ1v) is 8.41. The Kier molecular flexibility index (Phi) is 4.34. The van der Waals surface area contributed by atoms with Gasteiger partial charge in [0.1, 0.15) is 11.6 Å². The van der Waals surface area contributed by atoms with E-state index in [0.29, 0.717) is 11.1 Å². The number of carbonyl (C=O) groups excluding carboxylic acids is 4. The Morgan fingerprint density at radius 1 is 1.15 bits per heavy atom. The molecule has 7 nitrogen and oxygen atoms in total. The van der Waals surface area contributed by atoms with E-state index in [2.05, 4.69) is 0 Å². The van der Waals surface area contributed by atoms with E-state index in [9.17, 15) is 19.2 Å². The molecule has 138 valence electrons. The maximum absolute atomic E-state index is 13.1. The second-order valence-corrected chi connectivity index (χ2v) is 7.51. The Labute approximate surface area is 151 Å². The minimum Gasteiger partial charge on any atom is -0.467 e. The van der Waals surface area contributed by atoms with Gasteiger partial charge in [0.2, 0.25) is 5.91 Å². The molecule has 0 N–H and O–H groups in total.